The third-order valence-electron chi connectivity index (χ3n) is 5.28. The van der Waals surface area contributed by atoms with Gasteiger partial charge in [-0.3, -0.25) is 9.59 Å². The lowest BCUT2D eigenvalue weighted by Crippen LogP contribution is -2.32. The number of ketones is 1. The molecule has 0 unspecified atom stereocenters. The van der Waals surface area contributed by atoms with Crippen molar-refractivity contribution in [1.82, 2.24) is 8.87 Å². The number of rotatable bonds is 9. The van der Waals surface area contributed by atoms with Crippen LogP contribution in [0.4, 0.5) is 0 Å². The normalized spacial score (nSPS) is 12.2. The summed E-state index contributed by atoms with van der Waals surface area (Å²) in [5, 5.41) is 0. The van der Waals surface area contributed by atoms with Gasteiger partial charge in [-0.2, -0.15) is 4.31 Å². The number of hydrogen-bond donors (Lipinski definition) is 0. The minimum Gasteiger partial charge on any atom is -0.306 e. The summed E-state index contributed by atoms with van der Waals surface area (Å²) in [6, 6.07) is 8.30. The van der Waals surface area contributed by atoms with Crippen LogP contribution in [0.1, 0.15) is 74.9 Å². The van der Waals surface area contributed by atoms with E-state index in [-0.39, 0.29) is 23.1 Å². The fraction of sp³-hybridized carbons (Fsp3) is 0.478. The Morgan fingerprint density at radius 3 is 2.17 bits per heavy atom. The third-order valence-corrected chi connectivity index (χ3v) is 7.31. The maximum absolute atomic E-state index is 13.1. The molecular weight excluding hydrogens is 400 g/mol. The standard InChI is InChI=1S/C23H32N2O4S/c1-7-25(8-2)30(28,29)19-10-12-23(27)24(14-19)15-22(26)20-11-9-18(16(3)4)13-21(20)17(5)6/h9-14,16-17H,7-8,15H2,1-6H3. The monoisotopic (exact) mass is 432 g/mol. The summed E-state index contributed by atoms with van der Waals surface area (Å²) in [6.45, 7) is 12.2. The fourth-order valence-electron chi connectivity index (χ4n) is 3.41. The molecule has 0 N–H and O–H groups in total. The quantitative estimate of drug-likeness (QED) is 0.561. The maximum Gasteiger partial charge on any atom is 0.251 e. The molecule has 0 spiro atoms. The molecule has 0 saturated carbocycles. The number of nitrogens with zero attached hydrogens (tertiary/aromatic N) is 2. The van der Waals surface area contributed by atoms with Gasteiger partial charge in [0.1, 0.15) is 0 Å². The molecule has 2 aromatic rings. The van der Waals surface area contributed by atoms with Crippen molar-refractivity contribution in [2.45, 2.75) is 64.8 Å². The summed E-state index contributed by atoms with van der Waals surface area (Å²) in [7, 11) is -3.72. The molecule has 0 aliphatic carbocycles. The highest BCUT2D eigenvalue weighted by atomic mass is 32.2. The molecular formula is C23H32N2O4S. The second-order valence-corrected chi connectivity index (χ2v) is 9.94. The molecule has 7 heteroatoms. The van der Waals surface area contributed by atoms with Crippen molar-refractivity contribution in [1.29, 1.82) is 0 Å². The number of carbonyl (C=O) groups excluding carboxylic acids is 1. The van der Waals surface area contributed by atoms with Gasteiger partial charge in [0, 0.05) is 30.9 Å². The molecule has 0 amide bonds. The van der Waals surface area contributed by atoms with E-state index in [9.17, 15) is 18.0 Å². The van der Waals surface area contributed by atoms with E-state index in [1.165, 1.54) is 27.2 Å². The SMILES string of the molecule is CCN(CC)S(=O)(=O)c1ccc(=O)n(CC(=O)c2ccc(C(C)C)cc2C(C)C)c1. The largest absolute Gasteiger partial charge is 0.306 e. The van der Waals surface area contributed by atoms with Crippen LogP contribution >= 0.6 is 0 Å². The first-order valence-electron chi connectivity index (χ1n) is 10.4. The number of pyridine rings is 1. The van der Waals surface area contributed by atoms with Gasteiger partial charge in [0.2, 0.25) is 10.0 Å². The molecule has 2 rings (SSSR count). The van der Waals surface area contributed by atoms with Gasteiger partial charge in [0.15, 0.2) is 5.78 Å². The van der Waals surface area contributed by atoms with Crippen LogP contribution in [-0.4, -0.2) is 36.2 Å². The number of sulfonamides is 1. The van der Waals surface area contributed by atoms with E-state index < -0.39 is 15.6 Å². The predicted octanol–water partition coefficient (Wildman–Crippen LogP) is 4.01. The maximum atomic E-state index is 13.1. The van der Waals surface area contributed by atoms with Crippen LogP contribution < -0.4 is 5.56 Å². The van der Waals surface area contributed by atoms with Crippen LogP contribution in [0.2, 0.25) is 0 Å². The number of benzene rings is 1. The van der Waals surface area contributed by atoms with E-state index in [1.54, 1.807) is 13.8 Å². The summed E-state index contributed by atoms with van der Waals surface area (Å²) in [6.07, 6.45) is 1.27. The highest BCUT2D eigenvalue weighted by Crippen LogP contribution is 2.25. The highest BCUT2D eigenvalue weighted by Gasteiger charge is 2.23. The average molecular weight is 433 g/mol. The van der Waals surface area contributed by atoms with Crippen LogP contribution in [0.15, 0.2) is 46.2 Å². The number of Topliss-reactive ketones (excluding diaryl/α,β-unsaturated/α-hetero) is 1. The second kappa shape index (κ2) is 9.71. The molecule has 0 aliphatic rings. The zero-order valence-corrected chi connectivity index (χ0v) is 19.5. The predicted molar refractivity (Wildman–Crippen MR) is 120 cm³/mol. The highest BCUT2D eigenvalue weighted by molar-refractivity contribution is 7.89. The summed E-state index contributed by atoms with van der Waals surface area (Å²) in [4.78, 5) is 25.4. The molecule has 30 heavy (non-hydrogen) atoms. The lowest BCUT2D eigenvalue weighted by molar-refractivity contribution is 0.0969. The Kier molecular flexibility index (Phi) is 7.77. The topological polar surface area (TPSA) is 76.5 Å². The van der Waals surface area contributed by atoms with Crippen molar-refractivity contribution in [2.24, 2.45) is 0 Å². The van der Waals surface area contributed by atoms with E-state index in [1.807, 2.05) is 32.0 Å². The van der Waals surface area contributed by atoms with E-state index >= 15 is 0 Å². The zero-order valence-electron chi connectivity index (χ0n) is 18.7. The first-order chi connectivity index (χ1) is 14.0. The molecule has 0 saturated heterocycles. The minimum atomic E-state index is -3.72. The smallest absolute Gasteiger partial charge is 0.251 e. The Hall–Kier alpha value is -2.25. The van der Waals surface area contributed by atoms with Crippen LogP contribution in [0.5, 0.6) is 0 Å². The Bertz CT molecular complexity index is 1060. The first kappa shape index (κ1) is 24.0. The van der Waals surface area contributed by atoms with Gasteiger partial charge in [-0.15, -0.1) is 0 Å². The van der Waals surface area contributed by atoms with Gasteiger partial charge in [-0.05, 0) is 29.0 Å². The molecule has 164 valence electrons. The lowest BCUT2D eigenvalue weighted by Gasteiger charge is -2.19. The second-order valence-electron chi connectivity index (χ2n) is 8.00. The number of hydrogen-bond acceptors (Lipinski definition) is 4. The molecule has 0 bridgehead atoms. The summed E-state index contributed by atoms with van der Waals surface area (Å²) < 4.78 is 28.1. The Labute approximate surface area is 179 Å². The van der Waals surface area contributed by atoms with E-state index in [2.05, 4.69) is 13.8 Å². The van der Waals surface area contributed by atoms with Gasteiger partial charge in [-0.25, -0.2) is 8.42 Å². The van der Waals surface area contributed by atoms with Crippen molar-refractivity contribution in [3.63, 3.8) is 0 Å². The van der Waals surface area contributed by atoms with Crippen LogP contribution in [0.25, 0.3) is 0 Å². The van der Waals surface area contributed by atoms with Crippen LogP contribution in [0.3, 0.4) is 0 Å². The van der Waals surface area contributed by atoms with E-state index in [0.29, 0.717) is 24.6 Å². The van der Waals surface area contributed by atoms with Crippen molar-refractivity contribution >= 4 is 15.8 Å². The van der Waals surface area contributed by atoms with Gasteiger partial charge in [0.05, 0.1) is 11.4 Å². The fourth-order valence-corrected chi connectivity index (χ4v) is 4.89. The molecule has 6 nitrogen and oxygen atoms in total. The molecule has 0 radical (unpaired) electrons. The summed E-state index contributed by atoms with van der Waals surface area (Å²) >= 11 is 0. The van der Waals surface area contributed by atoms with Gasteiger partial charge in [-0.1, -0.05) is 59.7 Å². The Morgan fingerprint density at radius 2 is 1.63 bits per heavy atom. The zero-order chi connectivity index (χ0) is 22.6. The molecule has 1 aromatic carbocycles. The van der Waals surface area contributed by atoms with Crippen molar-refractivity contribution in [2.75, 3.05) is 13.1 Å². The molecule has 1 heterocycles. The van der Waals surface area contributed by atoms with Crippen molar-refractivity contribution in [3.05, 3.63) is 63.6 Å². The first-order valence-corrected chi connectivity index (χ1v) is 11.8. The Balaban J connectivity index is 2.44. The molecule has 1 aromatic heterocycles. The average Bonchev–Trinajstić information content (AvgIpc) is 2.69. The van der Waals surface area contributed by atoms with Gasteiger partial charge in [0.25, 0.3) is 5.56 Å². The Morgan fingerprint density at radius 1 is 1.00 bits per heavy atom. The summed E-state index contributed by atoms with van der Waals surface area (Å²) in [5.74, 6) is 0.276. The molecule has 0 atom stereocenters. The van der Waals surface area contributed by atoms with Crippen LogP contribution in [-0.2, 0) is 16.6 Å². The van der Waals surface area contributed by atoms with Gasteiger partial charge < -0.3 is 4.57 Å². The minimum absolute atomic E-state index is 0.0119. The van der Waals surface area contributed by atoms with Crippen molar-refractivity contribution < 1.29 is 13.2 Å². The lowest BCUT2D eigenvalue weighted by atomic mass is 9.90. The number of aromatic nitrogens is 1. The molecule has 0 fully saturated rings. The van der Waals surface area contributed by atoms with Crippen LogP contribution in [0, 0.1) is 0 Å². The summed E-state index contributed by atoms with van der Waals surface area (Å²) in [5.41, 5.74) is 2.25. The third kappa shape index (κ3) is 5.08. The van der Waals surface area contributed by atoms with Crippen molar-refractivity contribution in [3.8, 4) is 0 Å². The van der Waals surface area contributed by atoms with E-state index in [4.69, 9.17) is 0 Å². The van der Waals surface area contributed by atoms with E-state index in [0.717, 1.165) is 11.1 Å². The van der Waals surface area contributed by atoms with Gasteiger partial charge >= 0.3 is 0 Å². The number of carbonyl (C=O) groups is 1. The molecule has 0 aliphatic heterocycles.